The summed E-state index contributed by atoms with van der Waals surface area (Å²) in [6.07, 6.45) is 2.02. The number of ketones is 1. The van der Waals surface area contributed by atoms with Gasteiger partial charge in [0, 0.05) is 31.3 Å². The van der Waals surface area contributed by atoms with E-state index >= 15 is 0 Å². The predicted molar refractivity (Wildman–Crippen MR) is 58.3 cm³/mol. The molecule has 1 saturated heterocycles. The highest BCUT2D eigenvalue weighted by atomic mass is 16.1. The number of aromatic nitrogens is 1. The zero-order chi connectivity index (χ0) is 10.9. The average Bonchev–Trinajstić information content (AvgIpc) is 2.18. The fourth-order valence-corrected chi connectivity index (χ4v) is 1.68. The summed E-state index contributed by atoms with van der Waals surface area (Å²) >= 11 is 0. The molecule has 0 radical (unpaired) electrons. The van der Waals surface area contributed by atoms with Crippen LogP contribution >= 0.6 is 0 Å². The summed E-state index contributed by atoms with van der Waals surface area (Å²) in [7, 11) is 0. The molecule has 2 rings (SSSR count). The molecular formula is C11H15N3O. The van der Waals surface area contributed by atoms with Crippen molar-refractivity contribution >= 4 is 11.6 Å². The molecule has 0 spiro atoms. The number of hydrogen-bond donors (Lipinski definition) is 2. The summed E-state index contributed by atoms with van der Waals surface area (Å²) < 4.78 is 0. The molecule has 0 saturated carbocycles. The number of carbonyl (C=O) groups excluding carboxylic acids is 1. The molecule has 0 aliphatic carbocycles. The number of Topliss-reactive ketones (excluding diaryl/α,β-unsaturated/α-hetero) is 1. The Morgan fingerprint density at radius 2 is 2.40 bits per heavy atom. The lowest BCUT2D eigenvalue weighted by Crippen LogP contribution is -2.56. The molecule has 3 N–H and O–H groups in total. The second kappa shape index (κ2) is 3.62. The Kier molecular flexibility index (Phi) is 2.44. The molecule has 0 amide bonds. The summed E-state index contributed by atoms with van der Waals surface area (Å²) in [6.45, 7) is 3.52. The van der Waals surface area contributed by atoms with Crippen LogP contribution in [0.4, 0.5) is 5.82 Å². The van der Waals surface area contributed by atoms with Gasteiger partial charge in [0.25, 0.3) is 0 Å². The fourth-order valence-electron chi connectivity index (χ4n) is 1.68. The second-order valence-corrected chi connectivity index (χ2v) is 4.31. The van der Waals surface area contributed by atoms with Crippen LogP contribution < -0.4 is 11.1 Å². The Morgan fingerprint density at radius 3 is 2.93 bits per heavy atom. The van der Waals surface area contributed by atoms with Crippen LogP contribution in [0.5, 0.6) is 0 Å². The third-order valence-electron chi connectivity index (χ3n) is 2.98. The largest absolute Gasteiger partial charge is 0.383 e. The van der Waals surface area contributed by atoms with Gasteiger partial charge >= 0.3 is 0 Å². The van der Waals surface area contributed by atoms with Crippen LogP contribution in [-0.4, -0.2) is 23.9 Å². The van der Waals surface area contributed by atoms with Crippen molar-refractivity contribution in [2.75, 3.05) is 18.8 Å². The quantitative estimate of drug-likeness (QED) is 0.748. The standard InChI is InChI=1S/C11H15N3O/c1-11(6-13-7-11)9(15)5-8-3-2-4-14-10(8)12/h2-4,13H,5-7H2,1H3,(H2,12,14). The minimum Gasteiger partial charge on any atom is -0.383 e. The molecule has 1 aliphatic heterocycles. The first-order chi connectivity index (χ1) is 7.12. The molecule has 1 aliphatic rings. The van der Waals surface area contributed by atoms with Gasteiger partial charge in [-0.25, -0.2) is 4.98 Å². The van der Waals surface area contributed by atoms with Crippen molar-refractivity contribution in [1.29, 1.82) is 0 Å². The van der Waals surface area contributed by atoms with Gasteiger partial charge < -0.3 is 11.1 Å². The summed E-state index contributed by atoms with van der Waals surface area (Å²) in [4.78, 5) is 15.9. The van der Waals surface area contributed by atoms with Crippen molar-refractivity contribution in [2.24, 2.45) is 5.41 Å². The molecule has 4 heteroatoms. The van der Waals surface area contributed by atoms with Crippen molar-refractivity contribution in [2.45, 2.75) is 13.3 Å². The smallest absolute Gasteiger partial charge is 0.145 e. The monoisotopic (exact) mass is 205 g/mol. The molecule has 80 valence electrons. The lowest BCUT2D eigenvalue weighted by atomic mass is 9.78. The van der Waals surface area contributed by atoms with E-state index in [0.29, 0.717) is 12.2 Å². The first-order valence-corrected chi connectivity index (χ1v) is 5.05. The van der Waals surface area contributed by atoms with E-state index in [0.717, 1.165) is 18.7 Å². The van der Waals surface area contributed by atoms with Gasteiger partial charge in [0.05, 0.1) is 5.41 Å². The van der Waals surface area contributed by atoms with E-state index in [4.69, 9.17) is 5.73 Å². The highest BCUT2D eigenvalue weighted by molar-refractivity contribution is 5.88. The summed E-state index contributed by atoms with van der Waals surface area (Å²) in [5.74, 6) is 0.697. The van der Waals surface area contributed by atoms with E-state index in [2.05, 4.69) is 10.3 Å². The van der Waals surface area contributed by atoms with Crippen molar-refractivity contribution in [3.63, 3.8) is 0 Å². The highest BCUT2D eigenvalue weighted by Gasteiger charge is 2.38. The van der Waals surface area contributed by atoms with Crippen molar-refractivity contribution in [3.8, 4) is 0 Å². The van der Waals surface area contributed by atoms with Crippen LogP contribution in [0.3, 0.4) is 0 Å². The van der Waals surface area contributed by atoms with Gasteiger partial charge in [0.2, 0.25) is 0 Å². The third kappa shape index (κ3) is 1.85. The topological polar surface area (TPSA) is 68.0 Å². The molecule has 0 bridgehead atoms. The number of carbonyl (C=O) groups is 1. The zero-order valence-electron chi connectivity index (χ0n) is 8.79. The van der Waals surface area contributed by atoms with Gasteiger partial charge in [0.15, 0.2) is 0 Å². The van der Waals surface area contributed by atoms with E-state index in [1.165, 1.54) is 0 Å². The van der Waals surface area contributed by atoms with E-state index < -0.39 is 0 Å². The Balaban J connectivity index is 2.09. The molecule has 15 heavy (non-hydrogen) atoms. The Hall–Kier alpha value is -1.42. The van der Waals surface area contributed by atoms with E-state index in [-0.39, 0.29) is 11.2 Å². The van der Waals surface area contributed by atoms with Gasteiger partial charge in [-0.15, -0.1) is 0 Å². The van der Waals surface area contributed by atoms with Gasteiger partial charge in [-0.1, -0.05) is 13.0 Å². The van der Waals surface area contributed by atoms with Gasteiger partial charge in [0.1, 0.15) is 11.6 Å². The molecule has 1 aromatic heterocycles. The van der Waals surface area contributed by atoms with E-state index in [1.54, 1.807) is 12.3 Å². The summed E-state index contributed by atoms with van der Waals surface area (Å²) in [5, 5.41) is 3.12. The molecular weight excluding hydrogens is 190 g/mol. The van der Waals surface area contributed by atoms with Crippen LogP contribution in [0.1, 0.15) is 12.5 Å². The number of rotatable bonds is 3. The van der Waals surface area contributed by atoms with Crippen molar-refractivity contribution in [3.05, 3.63) is 23.9 Å². The van der Waals surface area contributed by atoms with E-state index in [1.807, 2.05) is 13.0 Å². The molecule has 4 nitrogen and oxygen atoms in total. The number of hydrogen-bond acceptors (Lipinski definition) is 4. The van der Waals surface area contributed by atoms with Gasteiger partial charge in [-0.2, -0.15) is 0 Å². The first-order valence-electron chi connectivity index (χ1n) is 5.05. The second-order valence-electron chi connectivity index (χ2n) is 4.31. The number of nitrogens with zero attached hydrogens (tertiary/aromatic N) is 1. The van der Waals surface area contributed by atoms with Crippen LogP contribution in [0.15, 0.2) is 18.3 Å². The molecule has 0 aromatic carbocycles. The van der Waals surface area contributed by atoms with Crippen LogP contribution in [0, 0.1) is 5.41 Å². The SMILES string of the molecule is CC1(C(=O)Cc2cccnc2N)CNC1. The Labute approximate surface area is 88.9 Å². The number of anilines is 1. The number of nitrogens with two attached hydrogens (primary N) is 1. The number of nitrogens with one attached hydrogen (secondary N) is 1. The van der Waals surface area contributed by atoms with Crippen molar-refractivity contribution in [1.82, 2.24) is 10.3 Å². The van der Waals surface area contributed by atoms with Gasteiger partial charge in [-0.05, 0) is 6.07 Å². The first kappa shape index (κ1) is 10.1. The Morgan fingerprint density at radius 1 is 1.67 bits per heavy atom. The van der Waals surface area contributed by atoms with Gasteiger partial charge in [-0.3, -0.25) is 4.79 Å². The summed E-state index contributed by atoms with van der Waals surface area (Å²) in [5.41, 5.74) is 6.32. The lowest BCUT2D eigenvalue weighted by Gasteiger charge is -2.37. The highest BCUT2D eigenvalue weighted by Crippen LogP contribution is 2.25. The minimum absolute atomic E-state index is 0.206. The van der Waals surface area contributed by atoms with Crippen LogP contribution in [-0.2, 0) is 11.2 Å². The maximum atomic E-state index is 11.9. The lowest BCUT2D eigenvalue weighted by molar-refractivity contribution is -0.129. The third-order valence-corrected chi connectivity index (χ3v) is 2.98. The molecule has 1 aromatic rings. The summed E-state index contributed by atoms with van der Waals surface area (Å²) in [6, 6.07) is 3.66. The van der Waals surface area contributed by atoms with Crippen LogP contribution in [0.2, 0.25) is 0 Å². The average molecular weight is 205 g/mol. The molecule has 0 atom stereocenters. The maximum absolute atomic E-state index is 11.9. The predicted octanol–water partition coefficient (Wildman–Crippen LogP) is 0.385. The molecule has 0 unspecified atom stereocenters. The van der Waals surface area contributed by atoms with E-state index in [9.17, 15) is 4.79 Å². The number of pyridine rings is 1. The fraction of sp³-hybridized carbons (Fsp3) is 0.455. The van der Waals surface area contributed by atoms with Crippen molar-refractivity contribution < 1.29 is 4.79 Å². The maximum Gasteiger partial charge on any atom is 0.145 e. The molecule has 1 fully saturated rings. The normalized spacial score (nSPS) is 18.2. The zero-order valence-corrected chi connectivity index (χ0v) is 8.79. The minimum atomic E-state index is -0.206. The molecule has 2 heterocycles. The number of nitrogen functional groups attached to an aromatic ring is 1. The Bertz CT molecular complexity index is 385. The van der Waals surface area contributed by atoms with Crippen LogP contribution in [0.25, 0.3) is 0 Å².